The molecule has 0 unspecified atom stereocenters. The van der Waals surface area contributed by atoms with Crippen LogP contribution in [0.1, 0.15) is 16.1 Å². The van der Waals surface area contributed by atoms with Gasteiger partial charge >= 0.3 is 0 Å². The highest BCUT2D eigenvalue weighted by Gasteiger charge is 2.10. The predicted molar refractivity (Wildman–Crippen MR) is 77.5 cm³/mol. The van der Waals surface area contributed by atoms with E-state index in [1.165, 1.54) is 10.9 Å². The number of nitrogen functional groups attached to an aromatic ring is 1. The number of furan rings is 1. The zero-order chi connectivity index (χ0) is 13.9. The maximum Gasteiger partial charge on any atom is 0.287 e. The highest BCUT2D eigenvalue weighted by atomic mass is 16.4. The Morgan fingerprint density at radius 3 is 2.90 bits per heavy atom. The number of rotatable bonds is 4. The van der Waals surface area contributed by atoms with Gasteiger partial charge in [-0.15, -0.1) is 0 Å². The van der Waals surface area contributed by atoms with Crippen LogP contribution in [0.15, 0.2) is 47.0 Å². The molecule has 4 N–H and O–H groups in total. The van der Waals surface area contributed by atoms with Crippen molar-refractivity contribution < 1.29 is 9.21 Å². The molecule has 0 saturated carbocycles. The second-order valence-corrected chi connectivity index (χ2v) is 4.57. The maximum atomic E-state index is 11.8. The molecule has 0 radical (unpaired) electrons. The van der Waals surface area contributed by atoms with Crippen molar-refractivity contribution in [2.45, 2.75) is 6.42 Å². The third-order valence-corrected chi connectivity index (χ3v) is 3.21. The lowest BCUT2D eigenvalue weighted by molar-refractivity contribution is 0.0927. The Bertz CT molecular complexity index is 742. The monoisotopic (exact) mass is 269 g/mol. The summed E-state index contributed by atoms with van der Waals surface area (Å²) in [4.78, 5) is 15.0. The van der Waals surface area contributed by atoms with E-state index in [4.69, 9.17) is 10.2 Å². The first-order valence-electron chi connectivity index (χ1n) is 6.42. The van der Waals surface area contributed by atoms with Gasteiger partial charge in [0, 0.05) is 29.7 Å². The third kappa shape index (κ3) is 2.38. The first kappa shape index (κ1) is 12.3. The Balaban J connectivity index is 1.61. The molecule has 3 aromatic rings. The number of fused-ring (bicyclic) bond motifs is 1. The number of H-pyrrole nitrogens is 1. The second kappa shape index (κ2) is 5.13. The lowest BCUT2D eigenvalue weighted by Crippen LogP contribution is -2.25. The van der Waals surface area contributed by atoms with Crippen molar-refractivity contribution in [3.8, 4) is 0 Å². The molecule has 0 aliphatic heterocycles. The summed E-state index contributed by atoms with van der Waals surface area (Å²) in [7, 11) is 0. The molecule has 102 valence electrons. The third-order valence-electron chi connectivity index (χ3n) is 3.21. The molecule has 0 aliphatic rings. The number of hydrogen-bond donors (Lipinski definition) is 3. The minimum absolute atomic E-state index is 0.237. The van der Waals surface area contributed by atoms with Crippen molar-refractivity contribution in [1.29, 1.82) is 0 Å². The van der Waals surface area contributed by atoms with E-state index in [-0.39, 0.29) is 17.6 Å². The van der Waals surface area contributed by atoms with Crippen molar-refractivity contribution in [2.24, 2.45) is 0 Å². The van der Waals surface area contributed by atoms with Crippen LogP contribution in [0, 0.1) is 0 Å². The molecular formula is C15H15N3O2. The summed E-state index contributed by atoms with van der Waals surface area (Å²) in [6.07, 6.45) is 2.73. The Kier molecular flexibility index (Phi) is 3.16. The van der Waals surface area contributed by atoms with E-state index in [2.05, 4.69) is 16.4 Å². The summed E-state index contributed by atoms with van der Waals surface area (Å²) in [5.74, 6) is 0.231. The van der Waals surface area contributed by atoms with Crippen LogP contribution in [-0.2, 0) is 6.42 Å². The lowest BCUT2D eigenvalue weighted by atomic mass is 10.1. The Hall–Kier alpha value is -2.69. The van der Waals surface area contributed by atoms with E-state index in [9.17, 15) is 4.79 Å². The summed E-state index contributed by atoms with van der Waals surface area (Å²) in [6.45, 7) is 0.543. The SMILES string of the molecule is Nc1ccc(C(=O)NCCc2c[nH]c3ccccc23)o1. The van der Waals surface area contributed by atoms with E-state index < -0.39 is 0 Å². The predicted octanol–water partition coefficient (Wildman–Crippen LogP) is 2.32. The maximum absolute atomic E-state index is 11.8. The number of carbonyl (C=O) groups excluding carboxylic acids is 1. The van der Waals surface area contributed by atoms with Crippen molar-refractivity contribution in [3.63, 3.8) is 0 Å². The van der Waals surface area contributed by atoms with Crippen LogP contribution >= 0.6 is 0 Å². The minimum atomic E-state index is -0.249. The quantitative estimate of drug-likeness (QED) is 0.679. The van der Waals surface area contributed by atoms with Crippen LogP contribution in [-0.4, -0.2) is 17.4 Å². The Morgan fingerprint density at radius 1 is 1.25 bits per heavy atom. The molecule has 1 amide bonds. The normalized spacial score (nSPS) is 10.8. The van der Waals surface area contributed by atoms with Crippen LogP contribution in [0.4, 0.5) is 5.88 Å². The number of benzene rings is 1. The van der Waals surface area contributed by atoms with Gasteiger partial charge < -0.3 is 20.5 Å². The average molecular weight is 269 g/mol. The number of amides is 1. The van der Waals surface area contributed by atoms with Crippen LogP contribution in [0.5, 0.6) is 0 Å². The summed E-state index contributed by atoms with van der Waals surface area (Å²) < 4.78 is 5.06. The molecular weight excluding hydrogens is 254 g/mol. The highest BCUT2D eigenvalue weighted by Crippen LogP contribution is 2.17. The van der Waals surface area contributed by atoms with Crippen LogP contribution in [0.2, 0.25) is 0 Å². The van der Waals surface area contributed by atoms with E-state index in [0.717, 1.165) is 11.9 Å². The van der Waals surface area contributed by atoms with E-state index >= 15 is 0 Å². The number of hydrogen-bond acceptors (Lipinski definition) is 3. The second-order valence-electron chi connectivity index (χ2n) is 4.57. The highest BCUT2D eigenvalue weighted by molar-refractivity contribution is 5.91. The number of carbonyl (C=O) groups is 1. The average Bonchev–Trinajstić information content (AvgIpc) is 3.06. The minimum Gasteiger partial charge on any atom is -0.436 e. The Labute approximate surface area is 115 Å². The zero-order valence-electron chi connectivity index (χ0n) is 10.8. The van der Waals surface area contributed by atoms with Gasteiger partial charge in [0.05, 0.1) is 0 Å². The van der Waals surface area contributed by atoms with Gasteiger partial charge in [0.15, 0.2) is 11.6 Å². The van der Waals surface area contributed by atoms with Crippen molar-refractivity contribution in [2.75, 3.05) is 12.3 Å². The van der Waals surface area contributed by atoms with Crippen molar-refractivity contribution in [1.82, 2.24) is 10.3 Å². The summed E-state index contributed by atoms with van der Waals surface area (Å²) in [5.41, 5.74) is 7.72. The van der Waals surface area contributed by atoms with Gasteiger partial charge in [-0.25, -0.2) is 0 Å². The van der Waals surface area contributed by atoms with Crippen molar-refractivity contribution >= 4 is 22.7 Å². The number of aromatic amines is 1. The molecule has 2 heterocycles. The molecule has 0 saturated heterocycles. The van der Waals surface area contributed by atoms with Crippen molar-refractivity contribution in [3.05, 3.63) is 53.9 Å². The van der Waals surface area contributed by atoms with Gasteiger partial charge in [0.25, 0.3) is 5.91 Å². The van der Waals surface area contributed by atoms with Gasteiger partial charge in [0.1, 0.15) is 0 Å². The van der Waals surface area contributed by atoms with Crippen LogP contribution < -0.4 is 11.1 Å². The molecule has 5 nitrogen and oxygen atoms in total. The molecule has 0 fully saturated rings. The summed E-state index contributed by atoms with van der Waals surface area (Å²) >= 11 is 0. The fourth-order valence-electron chi connectivity index (χ4n) is 2.21. The molecule has 0 bridgehead atoms. The number of anilines is 1. The molecule has 3 rings (SSSR count). The number of nitrogens with two attached hydrogens (primary N) is 1. The largest absolute Gasteiger partial charge is 0.436 e. The van der Waals surface area contributed by atoms with E-state index in [1.807, 2.05) is 24.4 Å². The van der Waals surface area contributed by atoms with E-state index in [1.54, 1.807) is 12.1 Å². The standard InChI is InChI=1S/C15H15N3O2/c16-14-6-5-13(20-14)15(19)17-8-7-10-9-18-12-4-2-1-3-11(10)12/h1-6,9,18H,7-8,16H2,(H,17,19). The molecule has 0 atom stereocenters. The summed E-state index contributed by atoms with van der Waals surface area (Å²) in [6, 6.07) is 11.2. The van der Waals surface area contributed by atoms with Gasteiger partial charge in [-0.05, 0) is 24.1 Å². The first-order chi connectivity index (χ1) is 9.74. The van der Waals surface area contributed by atoms with Crippen LogP contribution in [0.3, 0.4) is 0 Å². The van der Waals surface area contributed by atoms with Gasteiger partial charge in [-0.1, -0.05) is 18.2 Å². The first-order valence-corrected chi connectivity index (χ1v) is 6.42. The zero-order valence-corrected chi connectivity index (χ0v) is 10.8. The van der Waals surface area contributed by atoms with E-state index in [0.29, 0.717) is 6.54 Å². The number of para-hydroxylation sites is 1. The summed E-state index contributed by atoms with van der Waals surface area (Å²) in [5, 5.41) is 4.00. The molecule has 1 aromatic carbocycles. The molecule has 0 aliphatic carbocycles. The van der Waals surface area contributed by atoms with Gasteiger partial charge in [-0.3, -0.25) is 4.79 Å². The fraction of sp³-hybridized carbons (Fsp3) is 0.133. The molecule has 20 heavy (non-hydrogen) atoms. The van der Waals surface area contributed by atoms with Gasteiger partial charge in [-0.2, -0.15) is 0 Å². The number of nitrogens with one attached hydrogen (secondary N) is 2. The molecule has 0 spiro atoms. The lowest BCUT2D eigenvalue weighted by Gasteiger charge is -2.02. The molecule has 5 heteroatoms. The smallest absolute Gasteiger partial charge is 0.287 e. The number of aromatic nitrogens is 1. The fourth-order valence-corrected chi connectivity index (χ4v) is 2.21. The van der Waals surface area contributed by atoms with Gasteiger partial charge in [0.2, 0.25) is 0 Å². The molecule has 2 aromatic heterocycles. The Morgan fingerprint density at radius 2 is 2.10 bits per heavy atom. The topological polar surface area (TPSA) is 84.0 Å². The van der Waals surface area contributed by atoms with Crippen LogP contribution in [0.25, 0.3) is 10.9 Å².